The quantitative estimate of drug-likeness (QED) is 0.268. The van der Waals surface area contributed by atoms with Crippen molar-refractivity contribution in [3.8, 4) is 17.6 Å². The van der Waals surface area contributed by atoms with Gasteiger partial charge in [-0.2, -0.15) is 26.9 Å². The molecule has 0 atom stereocenters. The first-order valence-electron chi connectivity index (χ1n) is 8.36. The maximum absolute atomic E-state index is 14.1. The Morgan fingerprint density at radius 3 is 2.10 bits per heavy atom. The summed E-state index contributed by atoms with van der Waals surface area (Å²) >= 11 is 0. The van der Waals surface area contributed by atoms with Gasteiger partial charge in [0.2, 0.25) is 0 Å². The molecule has 0 saturated heterocycles. The van der Waals surface area contributed by atoms with Crippen LogP contribution in [-0.2, 0) is 10.1 Å². The summed E-state index contributed by atoms with van der Waals surface area (Å²) in [6.07, 6.45) is 0. The molecule has 0 N–H and O–H groups in total. The van der Waals surface area contributed by atoms with Crippen LogP contribution in [0.15, 0.2) is 24.3 Å². The van der Waals surface area contributed by atoms with Crippen LogP contribution in [0.2, 0.25) is 18.1 Å². The molecule has 0 aliphatic heterocycles. The third kappa shape index (κ3) is 4.48. The van der Waals surface area contributed by atoms with Crippen LogP contribution in [0, 0.1) is 17.1 Å². The molecule has 0 aliphatic carbocycles. The SMILES string of the molecule is CC(C)(C)[Si](C)(C)Oc1ccc(OS(=O)(=O)C(F)(F)F)c2c(C#N)cc(F)cc12. The van der Waals surface area contributed by atoms with E-state index in [9.17, 15) is 31.2 Å². The van der Waals surface area contributed by atoms with Crippen molar-refractivity contribution in [3.63, 3.8) is 0 Å². The molecule has 0 unspecified atom stereocenters. The molecule has 5 nitrogen and oxygen atoms in total. The van der Waals surface area contributed by atoms with E-state index in [0.29, 0.717) is 0 Å². The molecule has 0 aliphatic rings. The summed E-state index contributed by atoms with van der Waals surface area (Å²) in [4.78, 5) is 0. The first-order chi connectivity index (χ1) is 13.0. The van der Waals surface area contributed by atoms with Crippen molar-refractivity contribution < 1.29 is 34.6 Å². The Hall–Kier alpha value is -2.32. The van der Waals surface area contributed by atoms with Crippen molar-refractivity contribution in [2.75, 3.05) is 0 Å². The van der Waals surface area contributed by atoms with Crippen LogP contribution in [0.3, 0.4) is 0 Å². The van der Waals surface area contributed by atoms with Crippen molar-refractivity contribution in [3.05, 3.63) is 35.6 Å². The smallest absolute Gasteiger partial charge is 0.534 e. The van der Waals surface area contributed by atoms with Gasteiger partial charge in [0, 0.05) is 10.8 Å². The number of nitrogens with zero attached hydrogens (tertiary/aromatic N) is 1. The summed E-state index contributed by atoms with van der Waals surface area (Å²) in [6.45, 7) is 9.67. The lowest BCUT2D eigenvalue weighted by Gasteiger charge is -2.36. The Morgan fingerprint density at radius 2 is 1.62 bits per heavy atom. The van der Waals surface area contributed by atoms with Crippen LogP contribution in [0.5, 0.6) is 11.5 Å². The third-order valence-corrected chi connectivity index (χ3v) is 10.1. The number of hydrogen-bond donors (Lipinski definition) is 0. The van der Waals surface area contributed by atoms with Crippen molar-refractivity contribution in [2.45, 2.75) is 44.4 Å². The number of benzene rings is 2. The molecular weight excluding hydrogens is 430 g/mol. The predicted molar refractivity (Wildman–Crippen MR) is 102 cm³/mol. The minimum Gasteiger partial charge on any atom is -0.543 e. The maximum atomic E-state index is 14.1. The second kappa shape index (κ2) is 7.18. The fraction of sp³-hybridized carbons (Fsp3) is 0.389. The van der Waals surface area contributed by atoms with E-state index in [0.717, 1.165) is 18.2 Å². The normalized spacial score (nSPS) is 13.2. The van der Waals surface area contributed by atoms with Crippen molar-refractivity contribution in [1.29, 1.82) is 5.26 Å². The van der Waals surface area contributed by atoms with Crippen LogP contribution >= 0.6 is 0 Å². The molecule has 29 heavy (non-hydrogen) atoms. The lowest BCUT2D eigenvalue weighted by atomic mass is 10.0. The van der Waals surface area contributed by atoms with Gasteiger partial charge in [0.1, 0.15) is 17.6 Å². The molecule has 2 rings (SSSR count). The topological polar surface area (TPSA) is 76.4 Å². The van der Waals surface area contributed by atoms with Gasteiger partial charge < -0.3 is 8.61 Å². The minimum absolute atomic E-state index is 0.0544. The van der Waals surface area contributed by atoms with Gasteiger partial charge in [0.25, 0.3) is 8.32 Å². The maximum Gasteiger partial charge on any atom is 0.534 e. The zero-order valence-electron chi connectivity index (χ0n) is 16.3. The Bertz CT molecular complexity index is 1100. The minimum atomic E-state index is -5.98. The second-order valence-corrected chi connectivity index (χ2v) is 14.2. The van der Waals surface area contributed by atoms with Gasteiger partial charge in [0.15, 0.2) is 5.75 Å². The molecule has 0 amide bonds. The Labute approximate surface area is 167 Å². The standard InChI is InChI=1S/C18H19F4NO4SSi/c1-17(2,3)29(4,5)27-14-6-7-15(26-28(24,25)18(20,21)22)16-11(10-23)8-12(19)9-13(14)16/h6-9H,1-5H3. The molecule has 0 radical (unpaired) electrons. The van der Waals surface area contributed by atoms with Gasteiger partial charge in [0.05, 0.1) is 5.56 Å². The van der Waals surface area contributed by atoms with Gasteiger partial charge in [-0.15, -0.1) is 0 Å². The molecule has 11 heteroatoms. The molecule has 0 heterocycles. The van der Waals surface area contributed by atoms with Crippen LogP contribution < -0.4 is 8.61 Å². The van der Waals surface area contributed by atoms with E-state index in [4.69, 9.17) is 4.43 Å². The highest BCUT2D eigenvalue weighted by Gasteiger charge is 2.49. The molecule has 0 aromatic heterocycles. The van der Waals surface area contributed by atoms with E-state index < -0.39 is 35.5 Å². The number of nitriles is 1. The number of hydrogen-bond acceptors (Lipinski definition) is 5. The van der Waals surface area contributed by atoms with E-state index in [-0.39, 0.29) is 27.1 Å². The molecular formula is C18H19F4NO4SSi. The average Bonchev–Trinajstić information content (AvgIpc) is 2.53. The van der Waals surface area contributed by atoms with Gasteiger partial charge >= 0.3 is 15.6 Å². The number of rotatable bonds is 4. The third-order valence-electron chi connectivity index (χ3n) is 4.78. The van der Waals surface area contributed by atoms with Crippen LogP contribution in [-0.4, -0.2) is 22.2 Å². The summed E-state index contributed by atoms with van der Waals surface area (Å²) in [6, 6.07) is 5.58. The van der Waals surface area contributed by atoms with E-state index in [2.05, 4.69) is 4.18 Å². The highest BCUT2D eigenvalue weighted by Crippen LogP contribution is 2.43. The molecule has 0 saturated carbocycles. The van der Waals surface area contributed by atoms with E-state index >= 15 is 0 Å². The van der Waals surface area contributed by atoms with Gasteiger partial charge in [-0.3, -0.25) is 0 Å². The molecule has 2 aromatic carbocycles. The first-order valence-corrected chi connectivity index (χ1v) is 12.7. The summed E-state index contributed by atoms with van der Waals surface area (Å²) in [5.74, 6) is -1.44. The fourth-order valence-corrected chi connectivity index (χ4v) is 3.73. The van der Waals surface area contributed by atoms with E-state index in [1.165, 1.54) is 6.07 Å². The summed E-state index contributed by atoms with van der Waals surface area (Å²) in [7, 11) is -8.43. The number of halogens is 4. The summed E-state index contributed by atoms with van der Waals surface area (Å²) in [5.41, 5.74) is -6.05. The van der Waals surface area contributed by atoms with Crippen LogP contribution in [0.1, 0.15) is 26.3 Å². The average molecular weight is 449 g/mol. The van der Waals surface area contributed by atoms with Gasteiger partial charge in [-0.1, -0.05) is 20.8 Å². The highest BCUT2D eigenvalue weighted by molar-refractivity contribution is 7.88. The number of alkyl halides is 3. The van der Waals surface area contributed by atoms with Gasteiger partial charge in [-0.25, -0.2) is 4.39 Å². The van der Waals surface area contributed by atoms with Gasteiger partial charge in [-0.05, 0) is 42.4 Å². The van der Waals surface area contributed by atoms with Crippen molar-refractivity contribution in [1.82, 2.24) is 0 Å². The Balaban J connectivity index is 2.78. The van der Waals surface area contributed by atoms with Crippen LogP contribution in [0.4, 0.5) is 17.6 Å². The Kier molecular flexibility index (Phi) is 5.68. The predicted octanol–water partition coefficient (Wildman–Crippen LogP) is 5.46. The Morgan fingerprint density at radius 1 is 1.07 bits per heavy atom. The first kappa shape index (κ1) is 23.0. The zero-order valence-corrected chi connectivity index (χ0v) is 18.1. The van der Waals surface area contributed by atoms with Crippen LogP contribution in [0.25, 0.3) is 10.8 Å². The fourth-order valence-electron chi connectivity index (χ4n) is 2.23. The molecule has 2 aromatic rings. The lowest BCUT2D eigenvalue weighted by molar-refractivity contribution is -0.0499. The van der Waals surface area contributed by atoms with E-state index in [1.807, 2.05) is 33.9 Å². The highest BCUT2D eigenvalue weighted by atomic mass is 32.2. The summed E-state index contributed by atoms with van der Waals surface area (Å²) in [5, 5.41) is 8.73. The summed E-state index contributed by atoms with van der Waals surface area (Å²) < 4.78 is 85.5. The van der Waals surface area contributed by atoms with Crippen molar-refractivity contribution >= 4 is 29.2 Å². The monoisotopic (exact) mass is 449 g/mol. The second-order valence-electron chi connectivity index (χ2n) is 7.90. The largest absolute Gasteiger partial charge is 0.543 e. The number of fused-ring (bicyclic) bond motifs is 1. The van der Waals surface area contributed by atoms with E-state index in [1.54, 1.807) is 6.07 Å². The molecule has 158 valence electrons. The molecule has 0 spiro atoms. The van der Waals surface area contributed by atoms with Crippen molar-refractivity contribution in [2.24, 2.45) is 0 Å². The zero-order chi connectivity index (χ0) is 22.4. The molecule has 0 bridgehead atoms. The molecule has 0 fully saturated rings. The lowest BCUT2D eigenvalue weighted by Crippen LogP contribution is -2.43.